The van der Waals surface area contributed by atoms with Gasteiger partial charge in [-0.15, -0.1) is 0 Å². The van der Waals surface area contributed by atoms with Gasteiger partial charge in [0.2, 0.25) is 11.8 Å². The maximum atomic E-state index is 13.7. The number of likely N-dealkylation sites (tertiary alicyclic amines) is 1. The summed E-state index contributed by atoms with van der Waals surface area (Å²) in [6.45, 7) is 3.49. The predicted molar refractivity (Wildman–Crippen MR) is 156 cm³/mol. The minimum Gasteiger partial charge on any atom is -0.354 e. The van der Waals surface area contributed by atoms with Crippen molar-refractivity contribution in [2.24, 2.45) is 23.5 Å². The number of nitrogens with one attached hydrogen (secondary N) is 1. The first-order chi connectivity index (χ1) is 19.5. The van der Waals surface area contributed by atoms with Crippen molar-refractivity contribution in [2.75, 3.05) is 26.2 Å². The van der Waals surface area contributed by atoms with Gasteiger partial charge in [0.15, 0.2) is 0 Å². The topological polar surface area (TPSA) is 78.7 Å². The highest BCUT2D eigenvalue weighted by molar-refractivity contribution is 5.89. The van der Waals surface area contributed by atoms with E-state index in [0.29, 0.717) is 44.4 Å². The molecule has 3 unspecified atom stereocenters. The Labute approximate surface area is 238 Å². The maximum Gasteiger partial charge on any atom is 0.242 e. The Bertz CT molecular complexity index is 1110. The van der Waals surface area contributed by atoms with Gasteiger partial charge in [-0.1, -0.05) is 48.9 Å². The molecule has 5 rings (SSSR count). The fourth-order valence-corrected chi connectivity index (χ4v) is 6.65. The van der Waals surface area contributed by atoms with Gasteiger partial charge in [-0.2, -0.15) is 0 Å². The van der Waals surface area contributed by atoms with Crippen molar-refractivity contribution in [3.63, 3.8) is 0 Å². The predicted octanol–water partition coefficient (Wildman–Crippen LogP) is 4.52. The van der Waals surface area contributed by atoms with Crippen LogP contribution in [0, 0.1) is 23.6 Å². The molecule has 0 bridgehead atoms. The van der Waals surface area contributed by atoms with Crippen LogP contribution in [0.3, 0.4) is 0 Å². The van der Waals surface area contributed by atoms with E-state index in [0.717, 1.165) is 50.6 Å². The fraction of sp³-hybridized carbons (Fsp3) is 0.576. The van der Waals surface area contributed by atoms with Crippen LogP contribution in [0.1, 0.15) is 62.5 Å². The summed E-state index contributed by atoms with van der Waals surface area (Å²) in [6, 6.07) is 16.9. The molecule has 2 aromatic carbocycles. The summed E-state index contributed by atoms with van der Waals surface area (Å²) in [7, 11) is 0. The van der Waals surface area contributed by atoms with Crippen LogP contribution in [0.5, 0.6) is 0 Å². The zero-order chi connectivity index (χ0) is 27.9. The Balaban J connectivity index is 1.29. The molecule has 40 heavy (non-hydrogen) atoms. The lowest BCUT2D eigenvalue weighted by molar-refractivity contribution is -0.145. The molecule has 1 saturated heterocycles. The number of piperidine rings is 1. The van der Waals surface area contributed by atoms with Crippen LogP contribution in [0.4, 0.5) is 4.39 Å². The molecule has 4 atom stereocenters. The number of hydrogen-bond donors (Lipinski definition) is 2. The van der Waals surface area contributed by atoms with Crippen molar-refractivity contribution in [1.29, 1.82) is 0 Å². The van der Waals surface area contributed by atoms with Crippen LogP contribution < -0.4 is 11.1 Å². The standard InChI is InChI=1S/C33H45FN4O2/c34-29-13-9-25(10-14-29)23-37(17-15-24-5-2-1-3-6-24)30-16-18-38(33(40)28-11-12-28)31(20-30)32(39)36-22-27-8-4-7-26(19-27)21-35/h1-3,5-6,9-10,13-14,26-28,30-31H,4,7-8,11-12,15-23,35H2,(H,36,39)/t26?,27?,30?,31-/m1/s1. The molecule has 3 N–H and O–H groups in total. The Morgan fingerprint density at radius 2 is 1.68 bits per heavy atom. The zero-order valence-electron chi connectivity index (χ0n) is 23.6. The molecule has 0 radical (unpaired) electrons. The second-order valence-electron chi connectivity index (χ2n) is 12.2. The average molecular weight is 549 g/mol. The number of nitrogens with two attached hydrogens (primary N) is 1. The number of amides is 2. The molecule has 0 spiro atoms. The van der Waals surface area contributed by atoms with Crippen LogP contribution in [0.25, 0.3) is 0 Å². The largest absolute Gasteiger partial charge is 0.354 e. The van der Waals surface area contributed by atoms with Gasteiger partial charge >= 0.3 is 0 Å². The molecule has 2 aliphatic carbocycles. The lowest BCUT2D eigenvalue weighted by Gasteiger charge is -2.43. The first-order valence-corrected chi connectivity index (χ1v) is 15.3. The summed E-state index contributed by atoms with van der Waals surface area (Å²) in [5.74, 6) is 0.987. The molecular weight excluding hydrogens is 503 g/mol. The lowest BCUT2D eigenvalue weighted by Crippen LogP contribution is -2.58. The number of carbonyl (C=O) groups excluding carboxylic acids is 2. The van der Waals surface area contributed by atoms with Crippen molar-refractivity contribution >= 4 is 11.8 Å². The normalized spacial score (nSPS) is 25.1. The molecule has 7 heteroatoms. The molecule has 3 aliphatic rings. The van der Waals surface area contributed by atoms with Crippen molar-refractivity contribution in [1.82, 2.24) is 15.1 Å². The third-order valence-corrected chi connectivity index (χ3v) is 9.22. The lowest BCUT2D eigenvalue weighted by atomic mass is 9.81. The first kappa shape index (κ1) is 28.7. The van der Waals surface area contributed by atoms with E-state index < -0.39 is 6.04 Å². The van der Waals surface area contributed by atoms with Crippen molar-refractivity contribution in [2.45, 2.75) is 76.4 Å². The first-order valence-electron chi connectivity index (χ1n) is 15.3. The van der Waals surface area contributed by atoms with Crippen molar-refractivity contribution < 1.29 is 14.0 Å². The highest BCUT2D eigenvalue weighted by Crippen LogP contribution is 2.34. The van der Waals surface area contributed by atoms with E-state index in [1.54, 1.807) is 0 Å². The maximum absolute atomic E-state index is 13.7. The Hall–Kier alpha value is -2.77. The highest BCUT2D eigenvalue weighted by Gasteiger charge is 2.43. The molecule has 2 amide bonds. The van der Waals surface area contributed by atoms with E-state index in [-0.39, 0.29) is 29.6 Å². The van der Waals surface area contributed by atoms with Gasteiger partial charge in [-0.25, -0.2) is 4.39 Å². The molecule has 216 valence electrons. The third kappa shape index (κ3) is 7.70. The van der Waals surface area contributed by atoms with Crippen LogP contribution >= 0.6 is 0 Å². The van der Waals surface area contributed by atoms with Gasteiger partial charge < -0.3 is 16.0 Å². The van der Waals surface area contributed by atoms with Gasteiger partial charge in [0.05, 0.1) is 0 Å². The van der Waals surface area contributed by atoms with Crippen LogP contribution in [-0.2, 0) is 22.6 Å². The van der Waals surface area contributed by atoms with Gasteiger partial charge in [-0.3, -0.25) is 14.5 Å². The van der Waals surface area contributed by atoms with Gasteiger partial charge in [0.1, 0.15) is 11.9 Å². The highest BCUT2D eigenvalue weighted by atomic mass is 19.1. The average Bonchev–Trinajstić information content (AvgIpc) is 3.85. The van der Waals surface area contributed by atoms with Crippen LogP contribution in [0.15, 0.2) is 54.6 Å². The molecule has 2 aromatic rings. The molecule has 6 nitrogen and oxygen atoms in total. The summed E-state index contributed by atoms with van der Waals surface area (Å²) in [5.41, 5.74) is 8.26. The van der Waals surface area contributed by atoms with E-state index in [1.165, 1.54) is 30.5 Å². The Morgan fingerprint density at radius 1 is 0.925 bits per heavy atom. The number of halogens is 1. The SMILES string of the molecule is NCC1CCCC(CNC(=O)[C@H]2CC(N(CCc3ccccc3)Cc3ccc(F)cc3)CCN2C(=O)C2CC2)C1. The number of rotatable bonds is 11. The van der Waals surface area contributed by atoms with E-state index in [1.807, 2.05) is 23.1 Å². The molecule has 2 saturated carbocycles. The summed E-state index contributed by atoms with van der Waals surface area (Å²) in [5, 5.41) is 3.25. The minimum absolute atomic E-state index is 0.0154. The quantitative estimate of drug-likeness (QED) is 0.433. The second kappa shape index (κ2) is 13.7. The smallest absolute Gasteiger partial charge is 0.242 e. The van der Waals surface area contributed by atoms with Gasteiger partial charge in [0, 0.05) is 38.1 Å². The van der Waals surface area contributed by atoms with E-state index in [2.05, 4.69) is 34.5 Å². The van der Waals surface area contributed by atoms with E-state index >= 15 is 0 Å². The van der Waals surface area contributed by atoms with E-state index in [9.17, 15) is 14.0 Å². The summed E-state index contributed by atoms with van der Waals surface area (Å²) < 4.78 is 13.6. The Morgan fingerprint density at radius 3 is 2.40 bits per heavy atom. The van der Waals surface area contributed by atoms with Gasteiger partial charge in [0.25, 0.3) is 0 Å². The fourth-order valence-electron chi connectivity index (χ4n) is 6.65. The molecule has 3 fully saturated rings. The van der Waals surface area contributed by atoms with Crippen molar-refractivity contribution in [3.05, 3.63) is 71.5 Å². The van der Waals surface area contributed by atoms with Crippen LogP contribution in [0.2, 0.25) is 0 Å². The molecular formula is C33H45FN4O2. The van der Waals surface area contributed by atoms with Crippen molar-refractivity contribution in [3.8, 4) is 0 Å². The third-order valence-electron chi connectivity index (χ3n) is 9.22. The van der Waals surface area contributed by atoms with Gasteiger partial charge in [-0.05, 0) is 93.0 Å². The Kier molecular flexibility index (Phi) is 9.87. The number of hydrogen-bond acceptors (Lipinski definition) is 4. The molecule has 1 aliphatic heterocycles. The minimum atomic E-state index is -0.451. The monoisotopic (exact) mass is 548 g/mol. The number of nitrogens with zero attached hydrogens (tertiary/aromatic N) is 2. The second-order valence-corrected chi connectivity index (χ2v) is 12.2. The number of benzene rings is 2. The van der Waals surface area contributed by atoms with E-state index in [4.69, 9.17) is 5.73 Å². The summed E-state index contributed by atoms with van der Waals surface area (Å²) >= 11 is 0. The zero-order valence-corrected chi connectivity index (χ0v) is 23.6. The summed E-state index contributed by atoms with van der Waals surface area (Å²) in [6.07, 6.45) is 8.76. The number of carbonyl (C=O) groups is 2. The summed E-state index contributed by atoms with van der Waals surface area (Å²) in [4.78, 5) is 31.3. The molecule has 0 aromatic heterocycles. The molecule has 1 heterocycles. The van der Waals surface area contributed by atoms with Crippen LogP contribution in [-0.4, -0.2) is 59.9 Å².